The lowest BCUT2D eigenvalue weighted by molar-refractivity contribution is -0.133. The van der Waals surface area contributed by atoms with Crippen molar-refractivity contribution in [2.75, 3.05) is 54.4 Å². The molecule has 1 saturated carbocycles. The number of hydrogen-bond donors (Lipinski definition) is 1. The van der Waals surface area contributed by atoms with Crippen LogP contribution in [-0.4, -0.2) is 80.5 Å². The number of carbonyl (C=O) groups is 1. The average molecular weight is 298 g/mol. The van der Waals surface area contributed by atoms with Crippen LogP contribution in [0, 0.1) is 0 Å². The van der Waals surface area contributed by atoms with Gasteiger partial charge in [-0.3, -0.25) is 4.79 Å². The van der Waals surface area contributed by atoms with E-state index in [1.54, 1.807) is 0 Å². The van der Waals surface area contributed by atoms with Gasteiger partial charge in [-0.25, -0.2) is 0 Å². The lowest BCUT2D eigenvalue weighted by atomic mass is 9.75. The first kappa shape index (κ1) is 18.4. The van der Waals surface area contributed by atoms with Crippen LogP contribution in [0.4, 0.5) is 0 Å². The normalized spacial score (nSPS) is 17.1. The van der Waals surface area contributed by atoms with E-state index in [9.17, 15) is 4.79 Å². The first-order chi connectivity index (χ1) is 9.82. The summed E-state index contributed by atoms with van der Waals surface area (Å²) in [7, 11) is 8.28. The first-order valence-electron chi connectivity index (χ1n) is 8.18. The number of rotatable bonds is 10. The van der Waals surface area contributed by atoms with Gasteiger partial charge in [-0.15, -0.1) is 0 Å². The van der Waals surface area contributed by atoms with Gasteiger partial charge in [-0.2, -0.15) is 0 Å². The van der Waals surface area contributed by atoms with Gasteiger partial charge in [0.15, 0.2) is 0 Å². The summed E-state index contributed by atoms with van der Waals surface area (Å²) in [5.41, 5.74) is 6.02. The van der Waals surface area contributed by atoms with Crippen molar-refractivity contribution in [3.05, 3.63) is 0 Å². The third-order valence-electron chi connectivity index (χ3n) is 4.27. The van der Waals surface area contributed by atoms with Gasteiger partial charge in [-0.1, -0.05) is 0 Å². The Labute approximate surface area is 130 Å². The summed E-state index contributed by atoms with van der Waals surface area (Å²) >= 11 is 0. The molecule has 0 unspecified atom stereocenters. The molecular weight excluding hydrogens is 264 g/mol. The smallest absolute Gasteiger partial charge is 0.224 e. The minimum absolute atomic E-state index is 0.210. The molecule has 0 aromatic rings. The number of hydrogen-bond acceptors (Lipinski definition) is 4. The molecule has 0 aromatic heterocycles. The maximum atomic E-state index is 12.5. The van der Waals surface area contributed by atoms with Crippen LogP contribution in [0.1, 0.15) is 38.5 Å². The summed E-state index contributed by atoms with van der Waals surface area (Å²) in [4.78, 5) is 18.9. The summed E-state index contributed by atoms with van der Waals surface area (Å²) in [5.74, 6) is 0.245. The summed E-state index contributed by atoms with van der Waals surface area (Å²) in [5, 5.41) is 0. The zero-order valence-corrected chi connectivity index (χ0v) is 14.4. The second kappa shape index (κ2) is 8.71. The molecule has 5 heteroatoms. The van der Waals surface area contributed by atoms with E-state index in [1.165, 1.54) is 6.42 Å². The van der Waals surface area contributed by atoms with Crippen LogP contribution in [0.2, 0.25) is 0 Å². The van der Waals surface area contributed by atoms with Crippen molar-refractivity contribution in [2.24, 2.45) is 5.73 Å². The van der Waals surface area contributed by atoms with Gasteiger partial charge in [0.1, 0.15) is 0 Å². The predicted octanol–water partition coefficient (Wildman–Crippen LogP) is 0.990. The molecule has 0 radical (unpaired) electrons. The molecule has 5 nitrogen and oxygen atoms in total. The molecule has 0 atom stereocenters. The van der Waals surface area contributed by atoms with E-state index in [0.29, 0.717) is 6.42 Å². The lowest BCUT2D eigenvalue weighted by Crippen LogP contribution is -2.51. The van der Waals surface area contributed by atoms with Crippen LogP contribution in [0.25, 0.3) is 0 Å². The Morgan fingerprint density at radius 2 is 1.43 bits per heavy atom. The highest BCUT2D eigenvalue weighted by molar-refractivity contribution is 5.77. The first-order valence-corrected chi connectivity index (χ1v) is 8.18. The maximum Gasteiger partial charge on any atom is 0.224 e. The van der Waals surface area contributed by atoms with E-state index < -0.39 is 0 Å². The fourth-order valence-electron chi connectivity index (χ4n) is 2.74. The van der Waals surface area contributed by atoms with Crippen molar-refractivity contribution in [1.82, 2.24) is 14.7 Å². The van der Waals surface area contributed by atoms with Crippen molar-refractivity contribution >= 4 is 5.91 Å². The summed E-state index contributed by atoms with van der Waals surface area (Å²) < 4.78 is 0. The molecule has 1 amide bonds. The van der Waals surface area contributed by atoms with E-state index in [1.807, 2.05) is 4.90 Å². The van der Waals surface area contributed by atoms with E-state index in [4.69, 9.17) is 5.73 Å². The highest BCUT2D eigenvalue weighted by Gasteiger charge is 2.35. The van der Waals surface area contributed by atoms with Crippen LogP contribution >= 0.6 is 0 Å². The zero-order chi connectivity index (χ0) is 15.9. The Kier molecular flexibility index (Phi) is 7.63. The van der Waals surface area contributed by atoms with Crippen molar-refractivity contribution < 1.29 is 4.79 Å². The summed E-state index contributed by atoms with van der Waals surface area (Å²) in [6, 6.07) is 0. The SMILES string of the molecule is CN(C)CCCN(CCCN(C)C)C(=O)CC1(N)CCC1. The van der Waals surface area contributed by atoms with Crippen molar-refractivity contribution in [3.8, 4) is 0 Å². The fraction of sp³-hybridized carbons (Fsp3) is 0.938. The molecule has 124 valence electrons. The van der Waals surface area contributed by atoms with Gasteiger partial charge >= 0.3 is 0 Å². The van der Waals surface area contributed by atoms with Crippen LogP contribution in [0.3, 0.4) is 0 Å². The molecule has 0 aliphatic heterocycles. The topological polar surface area (TPSA) is 52.8 Å². The van der Waals surface area contributed by atoms with Crippen molar-refractivity contribution in [1.29, 1.82) is 0 Å². The minimum Gasteiger partial charge on any atom is -0.343 e. The molecule has 0 spiro atoms. The Balaban J connectivity index is 2.42. The molecule has 1 aliphatic rings. The molecular formula is C16H34N4O. The molecule has 0 heterocycles. The highest BCUT2D eigenvalue weighted by Crippen LogP contribution is 2.32. The number of nitrogens with zero attached hydrogens (tertiary/aromatic N) is 3. The van der Waals surface area contributed by atoms with Crippen molar-refractivity contribution in [3.63, 3.8) is 0 Å². The van der Waals surface area contributed by atoms with Crippen molar-refractivity contribution in [2.45, 2.75) is 44.1 Å². The number of carbonyl (C=O) groups excluding carboxylic acids is 1. The summed E-state index contributed by atoms with van der Waals surface area (Å²) in [6.07, 6.45) is 5.75. The second-order valence-corrected chi connectivity index (χ2v) is 7.09. The van der Waals surface area contributed by atoms with Gasteiger partial charge in [0.2, 0.25) is 5.91 Å². The van der Waals surface area contributed by atoms with Crippen LogP contribution in [0.15, 0.2) is 0 Å². The number of amides is 1. The third-order valence-corrected chi connectivity index (χ3v) is 4.27. The lowest BCUT2D eigenvalue weighted by Gasteiger charge is -2.39. The second-order valence-electron chi connectivity index (χ2n) is 7.09. The van der Waals surface area contributed by atoms with Gasteiger partial charge in [0.05, 0.1) is 0 Å². The van der Waals surface area contributed by atoms with E-state index in [2.05, 4.69) is 38.0 Å². The Hall–Kier alpha value is -0.650. The number of nitrogens with two attached hydrogens (primary N) is 1. The Morgan fingerprint density at radius 1 is 0.952 bits per heavy atom. The highest BCUT2D eigenvalue weighted by atomic mass is 16.2. The molecule has 21 heavy (non-hydrogen) atoms. The Morgan fingerprint density at radius 3 is 1.76 bits per heavy atom. The monoisotopic (exact) mass is 298 g/mol. The van der Waals surface area contributed by atoms with Gasteiger partial charge < -0.3 is 20.4 Å². The van der Waals surface area contributed by atoms with Crippen LogP contribution in [-0.2, 0) is 4.79 Å². The predicted molar refractivity (Wildman–Crippen MR) is 88.3 cm³/mol. The Bertz CT molecular complexity index is 299. The van der Waals surface area contributed by atoms with Crippen LogP contribution in [0.5, 0.6) is 0 Å². The van der Waals surface area contributed by atoms with E-state index in [-0.39, 0.29) is 11.4 Å². The standard InChI is InChI=1S/C16H34N4O/c1-18(2)10-6-12-20(13-7-11-19(3)4)15(21)14-16(17)8-5-9-16/h5-14,17H2,1-4H3. The minimum atomic E-state index is -0.210. The molecule has 0 saturated heterocycles. The third kappa shape index (κ3) is 7.25. The molecule has 1 fully saturated rings. The molecule has 0 aromatic carbocycles. The molecule has 2 N–H and O–H groups in total. The quantitative estimate of drug-likeness (QED) is 0.653. The van der Waals surface area contributed by atoms with E-state index in [0.717, 1.165) is 51.9 Å². The average Bonchev–Trinajstić information content (AvgIpc) is 2.34. The zero-order valence-electron chi connectivity index (χ0n) is 14.4. The van der Waals surface area contributed by atoms with Crippen LogP contribution < -0.4 is 5.73 Å². The molecule has 1 aliphatic carbocycles. The summed E-state index contributed by atoms with van der Waals surface area (Å²) in [6.45, 7) is 3.73. The van der Waals surface area contributed by atoms with Gasteiger partial charge in [0.25, 0.3) is 0 Å². The molecule has 1 rings (SSSR count). The molecule has 0 bridgehead atoms. The van der Waals surface area contributed by atoms with E-state index >= 15 is 0 Å². The largest absolute Gasteiger partial charge is 0.343 e. The maximum absolute atomic E-state index is 12.5. The van der Waals surface area contributed by atoms with Gasteiger partial charge in [-0.05, 0) is 73.4 Å². The fourth-order valence-corrected chi connectivity index (χ4v) is 2.74. The van der Waals surface area contributed by atoms with Gasteiger partial charge in [0, 0.05) is 25.0 Å².